The van der Waals surface area contributed by atoms with E-state index in [1.54, 1.807) is 0 Å². The van der Waals surface area contributed by atoms with Crippen LogP contribution in [0.4, 0.5) is 0 Å². The molecule has 0 N–H and O–H groups in total. The molecule has 0 saturated heterocycles. The zero-order valence-electron chi connectivity index (χ0n) is 5.86. The van der Waals surface area contributed by atoms with E-state index in [-0.39, 0.29) is 4.87 Å². The van der Waals surface area contributed by atoms with Crippen LogP contribution in [0.5, 0.6) is 0 Å². The van der Waals surface area contributed by atoms with Crippen molar-refractivity contribution < 1.29 is 0 Å². The van der Waals surface area contributed by atoms with Gasteiger partial charge in [-0.15, -0.1) is 11.6 Å². The Morgan fingerprint density at radius 3 is 1.67 bits per heavy atom. The van der Waals surface area contributed by atoms with Crippen LogP contribution < -0.4 is 0 Å². The molecule has 52 valence electrons. The van der Waals surface area contributed by atoms with Crippen LogP contribution in [0.2, 0.25) is 0 Å². The summed E-state index contributed by atoms with van der Waals surface area (Å²) in [7, 11) is 0. The highest BCUT2D eigenvalue weighted by molar-refractivity contribution is 6.24. The van der Waals surface area contributed by atoms with Gasteiger partial charge in [0.2, 0.25) is 0 Å². The lowest BCUT2D eigenvalue weighted by molar-refractivity contribution is 0.489. The normalized spacial score (nSPS) is 28.7. The minimum atomic E-state index is 0.194. The van der Waals surface area contributed by atoms with Gasteiger partial charge in [0.15, 0.2) is 0 Å². The van der Waals surface area contributed by atoms with Gasteiger partial charge in [0, 0.05) is 4.87 Å². The minimum absolute atomic E-state index is 0.194. The molecule has 0 radical (unpaired) electrons. The van der Waals surface area contributed by atoms with Crippen LogP contribution in [0.1, 0.15) is 32.6 Å². The monoisotopic (exact) mass is 144 g/mol. The van der Waals surface area contributed by atoms with Crippen LogP contribution in [0.3, 0.4) is 0 Å². The Bertz CT molecular complexity index is 107. The van der Waals surface area contributed by atoms with Gasteiger partial charge in [-0.1, -0.05) is 0 Å². The predicted molar refractivity (Wildman–Crippen MR) is 39.7 cm³/mol. The maximum absolute atomic E-state index is 6.33. The second-order valence-corrected chi connectivity index (χ2v) is 4.51. The molecule has 1 heteroatoms. The van der Waals surface area contributed by atoms with Crippen molar-refractivity contribution in [2.75, 3.05) is 0 Å². The van der Waals surface area contributed by atoms with E-state index >= 15 is 0 Å². The van der Waals surface area contributed by atoms with Crippen LogP contribution in [0.25, 0.3) is 0 Å². The first kappa shape index (κ1) is 6.03. The van der Waals surface area contributed by atoms with Crippen LogP contribution in [-0.2, 0) is 0 Å². The SMILES string of the molecule is CC(Cl)(C1CC1)C1CC1. The van der Waals surface area contributed by atoms with Crippen molar-refractivity contribution in [3.63, 3.8) is 0 Å². The second kappa shape index (κ2) is 1.66. The van der Waals surface area contributed by atoms with Gasteiger partial charge in [0.05, 0.1) is 0 Å². The number of rotatable bonds is 2. The molecule has 0 nitrogen and oxygen atoms in total. The summed E-state index contributed by atoms with van der Waals surface area (Å²) in [4.78, 5) is 0.194. The molecule has 0 spiro atoms. The maximum Gasteiger partial charge on any atom is 0.0474 e. The summed E-state index contributed by atoms with van der Waals surface area (Å²) in [6.07, 6.45) is 5.54. The third-order valence-electron chi connectivity index (χ3n) is 2.75. The number of halogens is 1. The molecule has 0 heterocycles. The van der Waals surface area contributed by atoms with Crippen LogP contribution in [0.15, 0.2) is 0 Å². The highest BCUT2D eigenvalue weighted by Crippen LogP contribution is 2.55. The molecule has 2 fully saturated rings. The fourth-order valence-electron chi connectivity index (χ4n) is 1.63. The number of hydrogen-bond acceptors (Lipinski definition) is 0. The van der Waals surface area contributed by atoms with Gasteiger partial charge >= 0.3 is 0 Å². The van der Waals surface area contributed by atoms with E-state index in [1.807, 2.05) is 0 Å². The van der Waals surface area contributed by atoms with E-state index in [2.05, 4.69) is 6.92 Å². The summed E-state index contributed by atoms with van der Waals surface area (Å²) in [5, 5.41) is 0. The van der Waals surface area contributed by atoms with Gasteiger partial charge in [-0.05, 0) is 44.4 Å². The smallest absolute Gasteiger partial charge is 0.0474 e. The van der Waals surface area contributed by atoms with Crippen LogP contribution >= 0.6 is 11.6 Å². The Morgan fingerprint density at radius 1 is 1.11 bits per heavy atom. The lowest BCUT2D eigenvalue weighted by Gasteiger charge is -2.20. The molecular formula is C8H13Cl. The van der Waals surface area contributed by atoms with Crippen molar-refractivity contribution in [3.05, 3.63) is 0 Å². The van der Waals surface area contributed by atoms with Crippen molar-refractivity contribution >= 4 is 11.6 Å². The van der Waals surface area contributed by atoms with Crippen molar-refractivity contribution in [3.8, 4) is 0 Å². The van der Waals surface area contributed by atoms with Gasteiger partial charge in [0.25, 0.3) is 0 Å². The van der Waals surface area contributed by atoms with Gasteiger partial charge in [-0.25, -0.2) is 0 Å². The van der Waals surface area contributed by atoms with Crippen molar-refractivity contribution in [1.82, 2.24) is 0 Å². The molecule has 2 aliphatic rings. The molecule has 0 unspecified atom stereocenters. The Labute approximate surface area is 61.6 Å². The van der Waals surface area contributed by atoms with E-state index < -0.39 is 0 Å². The predicted octanol–water partition coefficient (Wildman–Crippen LogP) is 2.80. The van der Waals surface area contributed by atoms with Crippen molar-refractivity contribution in [1.29, 1.82) is 0 Å². The molecule has 0 aromatic heterocycles. The highest BCUT2D eigenvalue weighted by Gasteiger charge is 2.49. The summed E-state index contributed by atoms with van der Waals surface area (Å²) < 4.78 is 0. The van der Waals surface area contributed by atoms with Crippen molar-refractivity contribution in [2.24, 2.45) is 11.8 Å². The standard InChI is InChI=1S/C8H13Cl/c1-8(9,6-2-3-6)7-4-5-7/h6-7H,2-5H2,1H3. The Hall–Kier alpha value is 0.290. The van der Waals surface area contributed by atoms with Crippen molar-refractivity contribution in [2.45, 2.75) is 37.5 Å². The first-order valence-corrected chi connectivity index (χ1v) is 4.28. The average Bonchev–Trinajstić information content (AvgIpc) is 2.62. The molecule has 0 bridgehead atoms. The molecule has 2 aliphatic carbocycles. The Morgan fingerprint density at radius 2 is 1.44 bits per heavy atom. The zero-order chi connectivity index (χ0) is 6.48. The van der Waals surface area contributed by atoms with E-state index in [4.69, 9.17) is 11.6 Å². The molecular weight excluding hydrogens is 132 g/mol. The largest absolute Gasteiger partial charge is 0.119 e. The molecule has 0 aromatic carbocycles. The van der Waals surface area contributed by atoms with E-state index in [0.29, 0.717) is 0 Å². The minimum Gasteiger partial charge on any atom is -0.119 e. The summed E-state index contributed by atoms with van der Waals surface area (Å²) in [5.74, 6) is 1.73. The summed E-state index contributed by atoms with van der Waals surface area (Å²) >= 11 is 6.33. The third-order valence-corrected chi connectivity index (χ3v) is 3.37. The fraction of sp³-hybridized carbons (Fsp3) is 1.00. The first-order valence-electron chi connectivity index (χ1n) is 3.90. The topological polar surface area (TPSA) is 0 Å². The third kappa shape index (κ3) is 0.980. The van der Waals surface area contributed by atoms with Gasteiger partial charge < -0.3 is 0 Å². The number of alkyl halides is 1. The van der Waals surface area contributed by atoms with Gasteiger partial charge in [-0.3, -0.25) is 0 Å². The van der Waals surface area contributed by atoms with E-state index in [0.717, 1.165) is 11.8 Å². The lowest BCUT2D eigenvalue weighted by atomic mass is 10.00. The molecule has 9 heavy (non-hydrogen) atoms. The maximum atomic E-state index is 6.33. The molecule has 0 amide bonds. The van der Waals surface area contributed by atoms with Gasteiger partial charge in [0.1, 0.15) is 0 Å². The van der Waals surface area contributed by atoms with Crippen LogP contribution in [0, 0.1) is 11.8 Å². The Kier molecular flexibility index (Phi) is 1.11. The summed E-state index contributed by atoms with van der Waals surface area (Å²) in [6.45, 7) is 2.23. The summed E-state index contributed by atoms with van der Waals surface area (Å²) in [5.41, 5.74) is 0. The fourth-order valence-corrected chi connectivity index (χ4v) is 2.07. The summed E-state index contributed by atoms with van der Waals surface area (Å²) in [6, 6.07) is 0. The number of hydrogen-bond donors (Lipinski definition) is 0. The van der Waals surface area contributed by atoms with Crippen LogP contribution in [-0.4, -0.2) is 4.87 Å². The molecule has 0 aliphatic heterocycles. The van der Waals surface area contributed by atoms with Gasteiger partial charge in [-0.2, -0.15) is 0 Å². The lowest BCUT2D eigenvalue weighted by Crippen LogP contribution is -2.21. The first-order chi connectivity index (χ1) is 4.21. The highest BCUT2D eigenvalue weighted by atomic mass is 35.5. The molecule has 0 aromatic rings. The molecule has 0 atom stereocenters. The second-order valence-electron chi connectivity index (χ2n) is 3.70. The zero-order valence-corrected chi connectivity index (χ0v) is 6.62. The van der Waals surface area contributed by atoms with E-state index in [9.17, 15) is 0 Å². The van der Waals surface area contributed by atoms with E-state index in [1.165, 1.54) is 25.7 Å². The quantitative estimate of drug-likeness (QED) is 0.523. The molecule has 2 rings (SSSR count). The average molecular weight is 145 g/mol. The molecule has 2 saturated carbocycles. The Balaban J connectivity index is 2.01.